The van der Waals surface area contributed by atoms with Gasteiger partial charge in [0.15, 0.2) is 0 Å². The van der Waals surface area contributed by atoms with Crippen molar-refractivity contribution in [3.63, 3.8) is 0 Å². The van der Waals surface area contributed by atoms with Crippen molar-refractivity contribution in [3.8, 4) is 22.3 Å². The van der Waals surface area contributed by atoms with E-state index in [0.717, 1.165) is 34.1 Å². The molecule has 0 radical (unpaired) electrons. The van der Waals surface area contributed by atoms with Crippen LogP contribution in [-0.2, 0) is 12.5 Å². The van der Waals surface area contributed by atoms with Crippen LogP contribution in [0.1, 0.15) is 30.5 Å². The highest BCUT2D eigenvalue weighted by molar-refractivity contribution is 6.09. The van der Waals surface area contributed by atoms with Crippen molar-refractivity contribution in [3.05, 3.63) is 205 Å². The molecule has 0 atom stereocenters. The minimum atomic E-state index is -0.106. The van der Waals surface area contributed by atoms with Crippen molar-refractivity contribution in [2.45, 2.75) is 26.2 Å². The maximum Gasteiger partial charge on any atom is 0.0509 e. The van der Waals surface area contributed by atoms with Crippen LogP contribution in [0, 0.1) is 6.92 Å². The number of aryl methyl sites for hydroxylation is 2. The van der Waals surface area contributed by atoms with E-state index in [0.29, 0.717) is 0 Å². The third kappa shape index (κ3) is 5.50. The molecule has 1 heterocycles. The minimum absolute atomic E-state index is 0.106. The fourth-order valence-corrected chi connectivity index (χ4v) is 8.92. The van der Waals surface area contributed by atoms with Gasteiger partial charge in [-0.05, 0) is 119 Å². The highest BCUT2D eigenvalue weighted by atomic mass is 15.1. The first kappa shape index (κ1) is 33.7. The number of benzene rings is 8. The average Bonchev–Trinajstić information content (AvgIpc) is 3.65. The summed E-state index contributed by atoms with van der Waals surface area (Å²) in [6, 6.07) is 68.7. The molecule has 0 N–H and O–H groups in total. The normalized spacial score (nSPS) is 12.8. The Morgan fingerprint density at radius 2 is 0.839 bits per heavy atom. The van der Waals surface area contributed by atoms with Gasteiger partial charge in [0.1, 0.15) is 0 Å². The van der Waals surface area contributed by atoms with E-state index in [1.165, 1.54) is 60.8 Å². The number of aromatic nitrogens is 1. The maximum absolute atomic E-state index is 2.42. The first-order valence-corrected chi connectivity index (χ1v) is 19.5. The van der Waals surface area contributed by atoms with E-state index in [-0.39, 0.29) is 5.41 Å². The average molecular weight is 722 g/mol. The van der Waals surface area contributed by atoms with Crippen LogP contribution in [0.4, 0.5) is 34.1 Å². The first-order valence-electron chi connectivity index (χ1n) is 19.5. The van der Waals surface area contributed by atoms with E-state index in [1.807, 2.05) is 0 Å². The molecule has 0 unspecified atom stereocenters. The molecule has 1 aliphatic carbocycles. The molecule has 0 spiro atoms. The first-order chi connectivity index (χ1) is 27.3. The monoisotopic (exact) mass is 721 g/mol. The largest absolute Gasteiger partial charge is 0.344 e. The van der Waals surface area contributed by atoms with Gasteiger partial charge < -0.3 is 14.4 Å². The number of fused-ring (bicyclic) bond motifs is 6. The number of nitrogens with zero attached hydrogens (tertiary/aromatic N) is 3. The molecule has 1 aliphatic rings. The lowest BCUT2D eigenvalue weighted by Crippen LogP contribution is -2.16. The van der Waals surface area contributed by atoms with Gasteiger partial charge >= 0.3 is 0 Å². The topological polar surface area (TPSA) is 11.4 Å². The van der Waals surface area contributed by atoms with Crippen molar-refractivity contribution in [1.29, 1.82) is 0 Å². The van der Waals surface area contributed by atoms with E-state index in [9.17, 15) is 0 Å². The standard InChI is InChI=1S/C53H43N3/c1-36-19-30-45-46-31-28-43(34-50(46)53(2,3)49(45)33-36)56(44-29-32-48-47-17-11-12-18-51(47)54(4)52(48)35-44)42-26-22-38(23-27-42)37-20-24-41(25-21-37)55(39-13-7-5-8-14-39)40-15-9-6-10-16-40/h5-35H,1-4H3. The molecule has 0 fully saturated rings. The molecule has 3 heteroatoms. The highest BCUT2D eigenvalue weighted by Gasteiger charge is 2.36. The Bertz CT molecular complexity index is 2850. The summed E-state index contributed by atoms with van der Waals surface area (Å²) in [6.07, 6.45) is 0. The molecule has 8 aromatic carbocycles. The molecule has 3 nitrogen and oxygen atoms in total. The molecule has 1 aromatic heterocycles. The minimum Gasteiger partial charge on any atom is -0.344 e. The van der Waals surface area contributed by atoms with E-state index in [1.54, 1.807) is 0 Å². The molecule has 10 rings (SSSR count). The lowest BCUT2D eigenvalue weighted by Gasteiger charge is -2.28. The number of rotatable bonds is 7. The van der Waals surface area contributed by atoms with Gasteiger partial charge in [0.05, 0.1) is 5.52 Å². The third-order valence-electron chi connectivity index (χ3n) is 11.8. The van der Waals surface area contributed by atoms with Crippen LogP contribution in [0.5, 0.6) is 0 Å². The predicted molar refractivity (Wildman–Crippen MR) is 238 cm³/mol. The highest BCUT2D eigenvalue weighted by Crippen LogP contribution is 2.51. The molecule has 0 amide bonds. The van der Waals surface area contributed by atoms with Crippen molar-refractivity contribution < 1.29 is 0 Å². The quantitative estimate of drug-likeness (QED) is 0.162. The fourth-order valence-electron chi connectivity index (χ4n) is 8.92. The molecule has 0 saturated carbocycles. The van der Waals surface area contributed by atoms with E-state index >= 15 is 0 Å². The van der Waals surface area contributed by atoms with Gasteiger partial charge in [0, 0.05) is 62.9 Å². The van der Waals surface area contributed by atoms with E-state index < -0.39 is 0 Å². The summed E-state index contributed by atoms with van der Waals surface area (Å²) in [4.78, 5) is 4.72. The van der Waals surface area contributed by atoms with Crippen LogP contribution in [-0.4, -0.2) is 4.57 Å². The lowest BCUT2D eigenvalue weighted by atomic mass is 9.82. The molecular formula is C53H43N3. The number of hydrogen-bond donors (Lipinski definition) is 0. The number of para-hydroxylation sites is 3. The Morgan fingerprint density at radius 1 is 0.393 bits per heavy atom. The number of hydrogen-bond acceptors (Lipinski definition) is 2. The van der Waals surface area contributed by atoms with Gasteiger partial charge in [-0.25, -0.2) is 0 Å². The fraction of sp³-hybridized carbons (Fsp3) is 0.0943. The van der Waals surface area contributed by atoms with Crippen LogP contribution >= 0.6 is 0 Å². The Balaban J connectivity index is 1.05. The smallest absolute Gasteiger partial charge is 0.0509 e. The summed E-state index contributed by atoms with van der Waals surface area (Å²) in [6.45, 7) is 6.93. The van der Waals surface area contributed by atoms with Crippen molar-refractivity contribution in [2.24, 2.45) is 7.05 Å². The van der Waals surface area contributed by atoms with Crippen LogP contribution in [0.15, 0.2) is 188 Å². The SMILES string of the molecule is Cc1ccc2c(c1)C(C)(C)c1cc(N(c3ccc(-c4ccc(N(c5ccccc5)c5ccccc5)cc4)cc3)c3ccc4c5ccccc5n(C)c4c3)ccc1-2. The molecule has 56 heavy (non-hydrogen) atoms. The van der Waals surface area contributed by atoms with Crippen molar-refractivity contribution >= 4 is 55.9 Å². The van der Waals surface area contributed by atoms with Crippen molar-refractivity contribution in [2.75, 3.05) is 9.80 Å². The second-order valence-corrected chi connectivity index (χ2v) is 15.6. The molecule has 0 bridgehead atoms. The lowest BCUT2D eigenvalue weighted by molar-refractivity contribution is 0.660. The zero-order valence-corrected chi connectivity index (χ0v) is 32.2. The van der Waals surface area contributed by atoms with Gasteiger partial charge in [-0.15, -0.1) is 0 Å². The Morgan fingerprint density at radius 3 is 1.46 bits per heavy atom. The number of anilines is 6. The summed E-state index contributed by atoms with van der Waals surface area (Å²) >= 11 is 0. The van der Waals surface area contributed by atoms with Crippen LogP contribution in [0.2, 0.25) is 0 Å². The molecule has 270 valence electrons. The predicted octanol–water partition coefficient (Wildman–Crippen LogP) is 14.6. The summed E-state index contributed by atoms with van der Waals surface area (Å²) < 4.78 is 2.32. The summed E-state index contributed by atoms with van der Waals surface area (Å²) in [7, 11) is 2.18. The van der Waals surface area contributed by atoms with Gasteiger partial charge in [-0.1, -0.05) is 129 Å². The third-order valence-corrected chi connectivity index (χ3v) is 11.8. The summed E-state index contributed by atoms with van der Waals surface area (Å²) in [5.74, 6) is 0. The van der Waals surface area contributed by atoms with Gasteiger partial charge in [-0.3, -0.25) is 0 Å². The Hall–Kier alpha value is -6.84. The molecular weight excluding hydrogens is 679 g/mol. The zero-order chi connectivity index (χ0) is 38.0. The van der Waals surface area contributed by atoms with Gasteiger partial charge in [0.25, 0.3) is 0 Å². The van der Waals surface area contributed by atoms with Crippen LogP contribution in [0.3, 0.4) is 0 Å². The van der Waals surface area contributed by atoms with Crippen LogP contribution in [0.25, 0.3) is 44.1 Å². The molecule has 0 aliphatic heterocycles. The zero-order valence-electron chi connectivity index (χ0n) is 32.2. The molecule has 9 aromatic rings. The Labute approximate surface area is 329 Å². The summed E-state index contributed by atoms with van der Waals surface area (Å²) in [5, 5.41) is 2.55. The second-order valence-electron chi connectivity index (χ2n) is 15.6. The van der Waals surface area contributed by atoms with Gasteiger partial charge in [0.2, 0.25) is 0 Å². The maximum atomic E-state index is 2.42. The van der Waals surface area contributed by atoms with Crippen LogP contribution < -0.4 is 9.80 Å². The summed E-state index contributed by atoms with van der Waals surface area (Å²) in [5.41, 5.74) is 18.2. The van der Waals surface area contributed by atoms with E-state index in [4.69, 9.17) is 0 Å². The van der Waals surface area contributed by atoms with Crippen molar-refractivity contribution in [1.82, 2.24) is 4.57 Å². The van der Waals surface area contributed by atoms with E-state index in [2.05, 4.69) is 230 Å². The van der Waals surface area contributed by atoms with Gasteiger partial charge in [-0.2, -0.15) is 0 Å². The molecule has 0 saturated heterocycles. The Kier molecular flexibility index (Phi) is 7.93. The second kappa shape index (κ2) is 13.2.